The first-order valence-corrected chi connectivity index (χ1v) is 7.14. The van der Waals surface area contributed by atoms with E-state index in [0.29, 0.717) is 27.8 Å². The van der Waals surface area contributed by atoms with E-state index in [1.165, 1.54) is 7.11 Å². The molecule has 5 heteroatoms. The summed E-state index contributed by atoms with van der Waals surface area (Å²) in [5.41, 5.74) is 3.05. The quantitative estimate of drug-likeness (QED) is 0.917. The molecule has 0 spiro atoms. The summed E-state index contributed by atoms with van der Waals surface area (Å²) in [6, 6.07) is 8.78. The third-order valence-corrected chi connectivity index (χ3v) is 3.61. The standard InChI is InChI=1S/C17H18ClNO3/c1-10-7-11(2)16(13(18)8-10)19-17(20)12-5-6-14(21-3)15(9-12)22-4/h5-9H,1-4H3,(H,19,20). The molecule has 0 aliphatic heterocycles. The molecule has 0 bridgehead atoms. The highest BCUT2D eigenvalue weighted by molar-refractivity contribution is 6.34. The minimum absolute atomic E-state index is 0.255. The molecular weight excluding hydrogens is 302 g/mol. The lowest BCUT2D eigenvalue weighted by molar-refractivity contribution is 0.102. The van der Waals surface area contributed by atoms with Crippen molar-refractivity contribution in [1.29, 1.82) is 0 Å². The first-order valence-electron chi connectivity index (χ1n) is 6.76. The van der Waals surface area contributed by atoms with Gasteiger partial charge in [-0.2, -0.15) is 0 Å². The minimum Gasteiger partial charge on any atom is -0.493 e. The molecule has 116 valence electrons. The maximum absolute atomic E-state index is 12.4. The molecule has 1 amide bonds. The predicted octanol–water partition coefficient (Wildman–Crippen LogP) is 4.23. The van der Waals surface area contributed by atoms with Gasteiger partial charge < -0.3 is 14.8 Å². The van der Waals surface area contributed by atoms with Gasteiger partial charge in [0.1, 0.15) is 0 Å². The fourth-order valence-electron chi connectivity index (χ4n) is 2.24. The van der Waals surface area contributed by atoms with Gasteiger partial charge >= 0.3 is 0 Å². The zero-order valence-electron chi connectivity index (χ0n) is 13.0. The Hall–Kier alpha value is -2.20. The number of ether oxygens (including phenoxy) is 2. The number of rotatable bonds is 4. The van der Waals surface area contributed by atoms with Crippen molar-refractivity contribution in [3.05, 3.63) is 52.0 Å². The Balaban J connectivity index is 2.30. The van der Waals surface area contributed by atoms with Gasteiger partial charge in [0.15, 0.2) is 11.5 Å². The first kappa shape index (κ1) is 16.2. The van der Waals surface area contributed by atoms with E-state index in [2.05, 4.69) is 5.32 Å². The lowest BCUT2D eigenvalue weighted by atomic mass is 10.1. The van der Waals surface area contributed by atoms with Gasteiger partial charge in [-0.1, -0.05) is 17.7 Å². The number of hydrogen-bond acceptors (Lipinski definition) is 3. The molecule has 22 heavy (non-hydrogen) atoms. The zero-order valence-corrected chi connectivity index (χ0v) is 13.7. The number of anilines is 1. The highest BCUT2D eigenvalue weighted by Gasteiger charge is 2.14. The van der Waals surface area contributed by atoms with Crippen LogP contribution in [0.1, 0.15) is 21.5 Å². The summed E-state index contributed by atoms with van der Waals surface area (Å²) in [4.78, 5) is 12.4. The molecule has 0 radical (unpaired) electrons. The van der Waals surface area contributed by atoms with Gasteiger partial charge in [0.05, 0.1) is 24.9 Å². The van der Waals surface area contributed by atoms with E-state index in [9.17, 15) is 4.79 Å². The van der Waals surface area contributed by atoms with Crippen LogP contribution in [0.2, 0.25) is 5.02 Å². The van der Waals surface area contributed by atoms with Crippen LogP contribution in [0, 0.1) is 13.8 Å². The first-order chi connectivity index (χ1) is 10.5. The van der Waals surface area contributed by atoms with Crippen LogP contribution in [-0.4, -0.2) is 20.1 Å². The highest BCUT2D eigenvalue weighted by atomic mass is 35.5. The molecule has 2 aromatic rings. The minimum atomic E-state index is -0.255. The molecule has 0 heterocycles. The molecule has 0 atom stereocenters. The second kappa shape index (κ2) is 6.71. The summed E-state index contributed by atoms with van der Waals surface area (Å²) in [5, 5.41) is 3.36. The summed E-state index contributed by atoms with van der Waals surface area (Å²) in [5.74, 6) is 0.820. The number of halogens is 1. The Bertz CT molecular complexity index is 690. The van der Waals surface area contributed by atoms with Crippen LogP contribution in [-0.2, 0) is 0 Å². The molecule has 0 saturated heterocycles. The molecular formula is C17H18ClNO3. The number of nitrogens with one attached hydrogen (secondary N) is 1. The van der Waals surface area contributed by atoms with Crippen LogP contribution >= 0.6 is 11.6 Å². The molecule has 0 aromatic heterocycles. The van der Waals surface area contributed by atoms with Crippen molar-refractivity contribution in [2.24, 2.45) is 0 Å². The van der Waals surface area contributed by atoms with E-state index in [1.807, 2.05) is 26.0 Å². The second-order valence-corrected chi connectivity index (χ2v) is 5.37. The Labute approximate surface area is 135 Å². The smallest absolute Gasteiger partial charge is 0.255 e. The largest absolute Gasteiger partial charge is 0.493 e. The van der Waals surface area contributed by atoms with Crippen molar-refractivity contribution in [2.45, 2.75) is 13.8 Å². The monoisotopic (exact) mass is 319 g/mol. The fourth-order valence-corrected chi connectivity index (χ4v) is 2.61. The van der Waals surface area contributed by atoms with Gasteiger partial charge in [0.25, 0.3) is 5.91 Å². The molecule has 0 fully saturated rings. The number of carbonyl (C=O) groups is 1. The van der Waals surface area contributed by atoms with Crippen LogP contribution in [0.25, 0.3) is 0 Å². The summed E-state index contributed by atoms with van der Waals surface area (Å²) in [7, 11) is 3.08. The molecule has 1 N–H and O–H groups in total. The van der Waals surface area contributed by atoms with Crippen molar-refractivity contribution in [3.8, 4) is 11.5 Å². The topological polar surface area (TPSA) is 47.6 Å². The van der Waals surface area contributed by atoms with Crippen LogP contribution in [0.4, 0.5) is 5.69 Å². The summed E-state index contributed by atoms with van der Waals surface area (Å²) in [6.45, 7) is 3.86. The highest BCUT2D eigenvalue weighted by Crippen LogP contribution is 2.30. The molecule has 2 rings (SSSR count). The van der Waals surface area contributed by atoms with Crippen molar-refractivity contribution in [2.75, 3.05) is 19.5 Å². The summed E-state index contributed by atoms with van der Waals surface area (Å²) >= 11 is 6.21. The van der Waals surface area contributed by atoms with E-state index in [1.54, 1.807) is 25.3 Å². The Kier molecular flexibility index (Phi) is 4.93. The average Bonchev–Trinajstić information content (AvgIpc) is 2.49. The molecule has 4 nitrogen and oxygen atoms in total. The normalized spacial score (nSPS) is 10.2. The lowest BCUT2D eigenvalue weighted by Crippen LogP contribution is -2.13. The SMILES string of the molecule is COc1ccc(C(=O)Nc2c(C)cc(C)cc2Cl)cc1OC. The number of carbonyl (C=O) groups excluding carboxylic acids is 1. The Morgan fingerprint density at radius 1 is 1.05 bits per heavy atom. The second-order valence-electron chi connectivity index (χ2n) is 4.96. The summed E-state index contributed by atoms with van der Waals surface area (Å²) in [6.07, 6.45) is 0. The maximum atomic E-state index is 12.4. The van der Waals surface area contributed by atoms with E-state index in [-0.39, 0.29) is 5.91 Å². The van der Waals surface area contributed by atoms with Crippen LogP contribution in [0.3, 0.4) is 0 Å². The molecule has 0 aliphatic rings. The molecule has 2 aromatic carbocycles. The number of hydrogen-bond donors (Lipinski definition) is 1. The van der Waals surface area contributed by atoms with Crippen molar-refractivity contribution in [3.63, 3.8) is 0 Å². The van der Waals surface area contributed by atoms with Gasteiger partial charge in [-0.15, -0.1) is 0 Å². The Morgan fingerprint density at radius 3 is 2.32 bits per heavy atom. The lowest BCUT2D eigenvalue weighted by Gasteiger charge is -2.13. The molecule has 0 unspecified atom stereocenters. The average molecular weight is 320 g/mol. The van der Waals surface area contributed by atoms with Gasteiger partial charge in [-0.05, 0) is 49.2 Å². The Morgan fingerprint density at radius 2 is 1.73 bits per heavy atom. The van der Waals surface area contributed by atoms with Gasteiger partial charge in [-0.25, -0.2) is 0 Å². The van der Waals surface area contributed by atoms with Gasteiger partial charge in [0.2, 0.25) is 0 Å². The number of methoxy groups -OCH3 is 2. The third-order valence-electron chi connectivity index (χ3n) is 3.32. The third kappa shape index (κ3) is 3.34. The van der Waals surface area contributed by atoms with Crippen LogP contribution in [0.5, 0.6) is 11.5 Å². The zero-order chi connectivity index (χ0) is 16.3. The van der Waals surface area contributed by atoms with Crippen molar-refractivity contribution >= 4 is 23.2 Å². The maximum Gasteiger partial charge on any atom is 0.255 e. The number of aryl methyl sites for hydroxylation is 2. The van der Waals surface area contributed by atoms with Crippen molar-refractivity contribution < 1.29 is 14.3 Å². The van der Waals surface area contributed by atoms with E-state index >= 15 is 0 Å². The van der Waals surface area contributed by atoms with Crippen LogP contribution in [0.15, 0.2) is 30.3 Å². The van der Waals surface area contributed by atoms with Gasteiger partial charge in [-0.3, -0.25) is 4.79 Å². The number of amides is 1. The predicted molar refractivity (Wildman–Crippen MR) is 88.4 cm³/mol. The summed E-state index contributed by atoms with van der Waals surface area (Å²) < 4.78 is 10.4. The molecule has 0 aliphatic carbocycles. The van der Waals surface area contributed by atoms with E-state index < -0.39 is 0 Å². The van der Waals surface area contributed by atoms with E-state index in [4.69, 9.17) is 21.1 Å². The number of benzene rings is 2. The fraction of sp³-hybridized carbons (Fsp3) is 0.235. The molecule has 0 saturated carbocycles. The van der Waals surface area contributed by atoms with E-state index in [0.717, 1.165) is 11.1 Å². The van der Waals surface area contributed by atoms with Crippen LogP contribution < -0.4 is 14.8 Å². The van der Waals surface area contributed by atoms with Crippen molar-refractivity contribution in [1.82, 2.24) is 0 Å². The van der Waals surface area contributed by atoms with Gasteiger partial charge in [0, 0.05) is 5.56 Å².